The van der Waals surface area contributed by atoms with Crippen molar-refractivity contribution in [3.05, 3.63) is 88.5 Å². The van der Waals surface area contributed by atoms with Crippen molar-refractivity contribution in [2.24, 2.45) is 5.10 Å². The largest absolute Gasteiger partial charge is 0.490 e. The number of rotatable bonds is 8. The molecule has 0 aliphatic heterocycles. The molecule has 0 fully saturated rings. The van der Waals surface area contributed by atoms with E-state index in [1.54, 1.807) is 18.2 Å². The fourth-order valence-corrected chi connectivity index (χ4v) is 2.66. The molecule has 0 saturated heterocycles. The van der Waals surface area contributed by atoms with Crippen molar-refractivity contribution in [1.82, 2.24) is 5.43 Å². The third-order valence-electron chi connectivity index (χ3n) is 4.13. The minimum atomic E-state index is -0.550. The number of nitro benzene ring substituents is 1. The van der Waals surface area contributed by atoms with Crippen LogP contribution in [0.3, 0.4) is 0 Å². The number of nitrogens with zero attached hydrogens (tertiary/aromatic N) is 2. The Morgan fingerprint density at radius 1 is 1.07 bits per heavy atom. The topological polar surface area (TPSA) is 103 Å². The Kier molecular flexibility index (Phi) is 6.73. The van der Waals surface area contributed by atoms with Gasteiger partial charge in [0.05, 0.1) is 18.2 Å². The molecule has 0 aromatic heterocycles. The molecule has 3 rings (SSSR count). The summed E-state index contributed by atoms with van der Waals surface area (Å²) in [6.07, 6.45) is 1.30. The summed E-state index contributed by atoms with van der Waals surface area (Å²) in [5.41, 5.74) is 4.72. The third-order valence-corrected chi connectivity index (χ3v) is 4.13. The number of nitrogens with one attached hydrogen (secondary N) is 1. The average Bonchev–Trinajstić information content (AvgIpc) is 2.78. The number of carbonyl (C=O) groups is 1. The second-order valence-corrected chi connectivity index (χ2v) is 6.16. The van der Waals surface area contributed by atoms with Crippen LogP contribution in [-0.2, 0) is 4.79 Å². The summed E-state index contributed by atoms with van der Waals surface area (Å²) in [7, 11) is 1.35. The van der Waals surface area contributed by atoms with Gasteiger partial charge in [0.2, 0.25) is 0 Å². The molecule has 0 unspecified atom stereocenters. The number of benzene rings is 3. The molecule has 0 aliphatic carbocycles. The normalized spacial score (nSPS) is 10.6. The first-order valence-corrected chi connectivity index (χ1v) is 8.99. The lowest BCUT2D eigenvalue weighted by molar-refractivity contribution is -0.385. The fourth-order valence-electron chi connectivity index (χ4n) is 2.66. The van der Waals surface area contributed by atoms with Crippen molar-refractivity contribution in [2.75, 3.05) is 13.7 Å². The molecular formula is C22H19N3O5. The molecular weight excluding hydrogens is 386 g/mol. The van der Waals surface area contributed by atoms with Crippen molar-refractivity contribution in [3.63, 3.8) is 0 Å². The Morgan fingerprint density at radius 2 is 1.77 bits per heavy atom. The predicted octanol–water partition coefficient (Wildman–Crippen LogP) is 3.80. The second kappa shape index (κ2) is 9.83. The zero-order chi connectivity index (χ0) is 21.3. The van der Waals surface area contributed by atoms with E-state index in [-0.39, 0.29) is 18.0 Å². The number of hydrazone groups is 1. The highest BCUT2D eigenvalue weighted by Crippen LogP contribution is 2.26. The molecule has 0 bridgehead atoms. The Morgan fingerprint density at radius 3 is 2.43 bits per heavy atom. The van der Waals surface area contributed by atoms with Crippen molar-refractivity contribution in [3.8, 4) is 22.6 Å². The summed E-state index contributed by atoms with van der Waals surface area (Å²) in [6.45, 7) is -0.217. The van der Waals surface area contributed by atoms with E-state index < -0.39 is 10.8 Å². The molecule has 8 nitrogen and oxygen atoms in total. The molecule has 152 valence electrons. The van der Waals surface area contributed by atoms with E-state index in [4.69, 9.17) is 9.47 Å². The van der Waals surface area contributed by atoms with Crippen molar-refractivity contribution < 1.29 is 19.2 Å². The lowest BCUT2D eigenvalue weighted by Gasteiger charge is -2.06. The van der Waals surface area contributed by atoms with E-state index in [9.17, 15) is 14.9 Å². The smallest absolute Gasteiger partial charge is 0.311 e. The van der Waals surface area contributed by atoms with E-state index in [1.807, 2.05) is 42.5 Å². The molecule has 0 heterocycles. The first-order valence-electron chi connectivity index (χ1n) is 8.99. The number of ether oxygens (including phenoxy) is 2. The first kappa shape index (κ1) is 20.5. The van der Waals surface area contributed by atoms with Crippen LogP contribution in [0.1, 0.15) is 5.56 Å². The van der Waals surface area contributed by atoms with Crippen molar-refractivity contribution in [1.29, 1.82) is 0 Å². The third kappa shape index (κ3) is 5.41. The molecule has 30 heavy (non-hydrogen) atoms. The maximum atomic E-state index is 11.9. The zero-order valence-electron chi connectivity index (χ0n) is 16.1. The van der Waals surface area contributed by atoms with Crippen LogP contribution in [0.15, 0.2) is 77.9 Å². The minimum Gasteiger partial charge on any atom is -0.490 e. The van der Waals surface area contributed by atoms with Gasteiger partial charge < -0.3 is 9.47 Å². The molecule has 0 aliphatic rings. The van der Waals surface area contributed by atoms with Crippen LogP contribution in [0.25, 0.3) is 11.1 Å². The molecule has 3 aromatic carbocycles. The number of hydrogen-bond donors (Lipinski definition) is 1. The van der Waals surface area contributed by atoms with E-state index in [0.717, 1.165) is 11.1 Å². The van der Waals surface area contributed by atoms with Gasteiger partial charge in [-0.15, -0.1) is 0 Å². The van der Waals surface area contributed by atoms with Gasteiger partial charge in [-0.1, -0.05) is 42.5 Å². The Bertz CT molecular complexity index is 1050. The minimum absolute atomic E-state index is 0.146. The van der Waals surface area contributed by atoms with Gasteiger partial charge in [0.25, 0.3) is 5.91 Å². The van der Waals surface area contributed by atoms with Gasteiger partial charge in [0.15, 0.2) is 12.4 Å². The quantitative estimate of drug-likeness (QED) is 0.349. The summed E-state index contributed by atoms with van der Waals surface area (Å²) >= 11 is 0. The molecule has 0 atom stereocenters. The summed E-state index contributed by atoms with van der Waals surface area (Å²) in [5.74, 6) is 0.244. The molecule has 1 amide bonds. The van der Waals surface area contributed by atoms with E-state index in [2.05, 4.69) is 10.5 Å². The van der Waals surface area contributed by atoms with Crippen molar-refractivity contribution in [2.45, 2.75) is 0 Å². The number of carbonyl (C=O) groups excluding carboxylic acids is 1. The van der Waals surface area contributed by atoms with E-state index in [1.165, 1.54) is 25.5 Å². The van der Waals surface area contributed by atoms with Crippen LogP contribution in [-0.4, -0.2) is 30.8 Å². The standard InChI is InChI=1S/C22H19N3O5/c1-29-21-12-7-16(13-20(21)25(27)28)14-23-24-22(26)15-30-19-10-8-18(9-11-19)17-5-3-2-4-6-17/h2-14H,15H2,1H3,(H,24,26)/b23-14+. The van der Waals surface area contributed by atoms with Gasteiger partial charge in [0.1, 0.15) is 5.75 Å². The number of amides is 1. The highest BCUT2D eigenvalue weighted by Gasteiger charge is 2.14. The van der Waals surface area contributed by atoms with Gasteiger partial charge in [-0.3, -0.25) is 14.9 Å². The van der Waals surface area contributed by atoms with Gasteiger partial charge in [-0.2, -0.15) is 5.10 Å². The van der Waals surface area contributed by atoms with E-state index in [0.29, 0.717) is 11.3 Å². The predicted molar refractivity (Wildman–Crippen MR) is 113 cm³/mol. The second-order valence-electron chi connectivity index (χ2n) is 6.16. The fraction of sp³-hybridized carbons (Fsp3) is 0.0909. The lowest BCUT2D eigenvalue weighted by atomic mass is 10.1. The molecule has 0 saturated carbocycles. The molecule has 8 heteroatoms. The zero-order valence-corrected chi connectivity index (χ0v) is 16.1. The monoisotopic (exact) mass is 405 g/mol. The van der Waals surface area contributed by atoms with Crippen LogP contribution in [0, 0.1) is 10.1 Å². The average molecular weight is 405 g/mol. The summed E-state index contributed by atoms with van der Waals surface area (Å²) < 4.78 is 10.4. The van der Waals surface area contributed by atoms with Gasteiger partial charge in [0, 0.05) is 11.6 Å². The molecule has 0 spiro atoms. The van der Waals surface area contributed by atoms with Gasteiger partial charge in [-0.25, -0.2) is 5.43 Å². The maximum Gasteiger partial charge on any atom is 0.311 e. The van der Waals surface area contributed by atoms with Crippen LogP contribution >= 0.6 is 0 Å². The van der Waals surface area contributed by atoms with E-state index >= 15 is 0 Å². The van der Waals surface area contributed by atoms with Gasteiger partial charge in [-0.05, 0) is 35.4 Å². The number of methoxy groups -OCH3 is 1. The molecule has 3 aromatic rings. The van der Waals surface area contributed by atoms with Crippen LogP contribution in [0.2, 0.25) is 0 Å². The lowest BCUT2D eigenvalue weighted by Crippen LogP contribution is -2.24. The molecule has 1 N–H and O–H groups in total. The molecule has 0 radical (unpaired) electrons. The summed E-state index contributed by atoms with van der Waals surface area (Å²) in [4.78, 5) is 22.4. The van der Waals surface area contributed by atoms with Gasteiger partial charge >= 0.3 is 5.69 Å². The van der Waals surface area contributed by atoms with Crippen LogP contribution in [0.5, 0.6) is 11.5 Å². The van der Waals surface area contributed by atoms with Crippen LogP contribution in [0.4, 0.5) is 5.69 Å². The summed E-state index contributed by atoms with van der Waals surface area (Å²) in [5, 5.41) is 14.8. The first-order chi connectivity index (χ1) is 14.6. The van der Waals surface area contributed by atoms with Crippen LogP contribution < -0.4 is 14.9 Å². The Hall–Kier alpha value is -4.20. The highest BCUT2D eigenvalue weighted by atomic mass is 16.6. The Labute approximate surface area is 172 Å². The SMILES string of the molecule is COc1ccc(/C=N/NC(=O)COc2ccc(-c3ccccc3)cc2)cc1[N+](=O)[O-]. The highest BCUT2D eigenvalue weighted by molar-refractivity contribution is 5.84. The maximum absolute atomic E-state index is 11.9. The van der Waals surface area contributed by atoms with Crippen molar-refractivity contribution >= 4 is 17.8 Å². The summed E-state index contributed by atoms with van der Waals surface area (Å²) in [6, 6.07) is 21.7. The number of hydrogen-bond acceptors (Lipinski definition) is 6. The Balaban J connectivity index is 1.51. The number of nitro groups is 1.